The average molecular weight is 262 g/mol. The molecule has 1 amide bonds. The van der Waals surface area contributed by atoms with Crippen molar-refractivity contribution in [3.8, 4) is 0 Å². The van der Waals surface area contributed by atoms with Crippen LogP contribution in [0.2, 0.25) is 0 Å². The van der Waals surface area contributed by atoms with Crippen molar-refractivity contribution in [1.82, 2.24) is 4.90 Å². The fourth-order valence-electron chi connectivity index (χ4n) is 2.59. The third-order valence-electron chi connectivity index (χ3n) is 3.94. The number of hydrogen-bond acceptors (Lipinski definition) is 3. The smallest absolute Gasteiger partial charge is 0.254 e. The van der Waals surface area contributed by atoms with Crippen molar-refractivity contribution in [2.45, 2.75) is 26.4 Å². The van der Waals surface area contributed by atoms with E-state index >= 15 is 0 Å². The Kier molecular flexibility index (Phi) is 4.10. The van der Waals surface area contributed by atoms with E-state index in [1.165, 1.54) is 0 Å². The molecule has 104 valence electrons. The first-order valence-electron chi connectivity index (χ1n) is 6.78. The molecule has 1 aromatic carbocycles. The summed E-state index contributed by atoms with van der Waals surface area (Å²) in [5.41, 5.74) is 2.75. The summed E-state index contributed by atoms with van der Waals surface area (Å²) in [7, 11) is 1.87. The molecule has 2 atom stereocenters. The molecular weight excluding hydrogens is 240 g/mol. The standard InChI is InChI=1S/C15H22N2O2/c1-10-8-13(16-3)4-5-14(10)15(19)17-7-6-12(9-17)11(2)18/h4-5,8,11-12,16,18H,6-7,9H2,1-3H3. The SMILES string of the molecule is CNc1ccc(C(=O)N2CCC(C(C)O)C2)c(C)c1. The molecule has 2 N–H and O–H groups in total. The number of nitrogens with one attached hydrogen (secondary N) is 1. The van der Waals surface area contributed by atoms with E-state index in [1.54, 1.807) is 6.92 Å². The fraction of sp³-hybridized carbons (Fsp3) is 0.533. The highest BCUT2D eigenvalue weighted by atomic mass is 16.3. The Morgan fingerprint density at radius 3 is 2.79 bits per heavy atom. The summed E-state index contributed by atoms with van der Waals surface area (Å²) in [5.74, 6) is 0.282. The van der Waals surface area contributed by atoms with Crippen molar-refractivity contribution in [2.75, 3.05) is 25.5 Å². The number of carbonyl (C=O) groups excluding carboxylic acids is 1. The van der Waals surface area contributed by atoms with Gasteiger partial charge in [0.1, 0.15) is 0 Å². The number of aryl methyl sites for hydroxylation is 1. The van der Waals surface area contributed by atoms with Gasteiger partial charge in [0.2, 0.25) is 0 Å². The molecule has 1 aromatic rings. The zero-order valence-electron chi connectivity index (χ0n) is 11.8. The van der Waals surface area contributed by atoms with Crippen LogP contribution in [0.25, 0.3) is 0 Å². The van der Waals surface area contributed by atoms with Crippen LogP contribution in [0.3, 0.4) is 0 Å². The molecule has 2 rings (SSSR count). The quantitative estimate of drug-likeness (QED) is 0.874. The van der Waals surface area contributed by atoms with Gasteiger partial charge in [-0.05, 0) is 44.0 Å². The van der Waals surface area contributed by atoms with Crippen molar-refractivity contribution in [1.29, 1.82) is 0 Å². The minimum Gasteiger partial charge on any atom is -0.393 e. The molecule has 0 saturated carbocycles. The van der Waals surface area contributed by atoms with Crippen LogP contribution in [0, 0.1) is 12.8 Å². The van der Waals surface area contributed by atoms with E-state index in [1.807, 2.05) is 37.1 Å². The van der Waals surface area contributed by atoms with Crippen LogP contribution in [0.1, 0.15) is 29.3 Å². The van der Waals surface area contributed by atoms with Crippen LogP contribution in [-0.4, -0.2) is 42.2 Å². The third kappa shape index (κ3) is 2.89. The molecule has 4 heteroatoms. The molecule has 1 saturated heterocycles. The van der Waals surface area contributed by atoms with Gasteiger partial charge in [0.15, 0.2) is 0 Å². The Hall–Kier alpha value is -1.55. The first kappa shape index (κ1) is 13.9. The largest absolute Gasteiger partial charge is 0.393 e. The lowest BCUT2D eigenvalue weighted by atomic mass is 10.0. The number of benzene rings is 1. The van der Waals surface area contributed by atoms with Gasteiger partial charge in [-0.3, -0.25) is 4.79 Å². The molecule has 1 aliphatic rings. The maximum absolute atomic E-state index is 12.5. The minimum atomic E-state index is -0.342. The zero-order valence-corrected chi connectivity index (χ0v) is 11.8. The number of anilines is 1. The van der Waals surface area contributed by atoms with Crippen LogP contribution in [0.5, 0.6) is 0 Å². The van der Waals surface area contributed by atoms with E-state index in [0.29, 0.717) is 6.54 Å². The lowest BCUT2D eigenvalue weighted by Gasteiger charge is -2.19. The maximum atomic E-state index is 12.5. The topological polar surface area (TPSA) is 52.6 Å². The van der Waals surface area contributed by atoms with E-state index in [2.05, 4.69) is 5.32 Å². The summed E-state index contributed by atoms with van der Waals surface area (Å²) in [5, 5.41) is 12.7. The number of hydrogen-bond donors (Lipinski definition) is 2. The molecular formula is C15H22N2O2. The molecule has 4 nitrogen and oxygen atoms in total. The molecule has 0 bridgehead atoms. The van der Waals surface area contributed by atoms with Crippen LogP contribution < -0.4 is 5.32 Å². The van der Waals surface area contributed by atoms with E-state index in [9.17, 15) is 9.90 Å². The predicted molar refractivity (Wildman–Crippen MR) is 76.4 cm³/mol. The molecule has 0 aliphatic carbocycles. The maximum Gasteiger partial charge on any atom is 0.254 e. The molecule has 1 heterocycles. The summed E-state index contributed by atoms with van der Waals surface area (Å²) in [4.78, 5) is 14.3. The molecule has 2 unspecified atom stereocenters. The lowest BCUT2D eigenvalue weighted by Crippen LogP contribution is -2.30. The van der Waals surface area contributed by atoms with Crippen molar-refractivity contribution in [3.05, 3.63) is 29.3 Å². The van der Waals surface area contributed by atoms with E-state index in [4.69, 9.17) is 0 Å². The highest BCUT2D eigenvalue weighted by Gasteiger charge is 2.29. The number of aliphatic hydroxyl groups excluding tert-OH is 1. The van der Waals surface area contributed by atoms with Gasteiger partial charge in [-0.15, -0.1) is 0 Å². The van der Waals surface area contributed by atoms with Crippen LogP contribution in [-0.2, 0) is 0 Å². The first-order chi connectivity index (χ1) is 9.02. The summed E-state index contributed by atoms with van der Waals surface area (Å²) < 4.78 is 0. The highest BCUT2D eigenvalue weighted by Crippen LogP contribution is 2.23. The second-order valence-corrected chi connectivity index (χ2v) is 5.32. The van der Waals surface area contributed by atoms with Crippen molar-refractivity contribution in [3.63, 3.8) is 0 Å². The minimum absolute atomic E-state index is 0.0725. The van der Waals surface area contributed by atoms with Gasteiger partial charge in [0, 0.05) is 37.3 Å². The van der Waals surface area contributed by atoms with Crippen LogP contribution >= 0.6 is 0 Å². The first-order valence-corrected chi connectivity index (χ1v) is 6.78. The molecule has 0 radical (unpaired) electrons. The highest BCUT2D eigenvalue weighted by molar-refractivity contribution is 5.96. The molecule has 19 heavy (non-hydrogen) atoms. The lowest BCUT2D eigenvalue weighted by molar-refractivity contribution is 0.0762. The van der Waals surface area contributed by atoms with Gasteiger partial charge in [-0.25, -0.2) is 0 Å². The molecule has 1 fully saturated rings. The Balaban J connectivity index is 2.12. The summed E-state index contributed by atoms with van der Waals surface area (Å²) in [6.07, 6.45) is 0.544. The van der Waals surface area contributed by atoms with Gasteiger partial charge < -0.3 is 15.3 Å². The van der Waals surface area contributed by atoms with Crippen LogP contribution in [0.15, 0.2) is 18.2 Å². The van der Waals surface area contributed by atoms with Gasteiger partial charge in [0.05, 0.1) is 6.10 Å². The summed E-state index contributed by atoms with van der Waals surface area (Å²) >= 11 is 0. The Morgan fingerprint density at radius 1 is 1.53 bits per heavy atom. The fourth-order valence-corrected chi connectivity index (χ4v) is 2.59. The summed E-state index contributed by atoms with van der Waals surface area (Å²) in [6.45, 7) is 5.15. The molecule has 1 aliphatic heterocycles. The normalized spacial score (nSPS) is 20.4. The zero-order chi connectivity index (χ0) is 14.0. The Labute approximate surface area is 114 Å². The second kappa shape index (κ2) is 5.61. The van der Waals surface area contributed by atoms with E-state index in [0.717, 1.165) is 29.8 Å². The second-order valence-electron chi connectivity index (χ2n) is 5.32. The Morgan fingerprint density at radius 2 is 2.26 bits per heavy atom. The number of carbonyl (C=O) groups is 1. The third-order valence-corrected chi connectivity index (χ3v) is 3.94. The van der Waals surface area contributed by atoms with Crippen molar-refractivity contribution >= 4 is 11.6 Å². The number of nitrogens with zero attached hydrogens (tertiary/aromatic N) is 1. The average Bonchev–Trinajstić information content (AvgIpc) is 2.87. The Bertz CT molecular complexity index is 471. The van der Waals surface area contributed by atoms with Crippen molar-refractivity contribution in [2.24, 2.45) is 5.92 Å². The monoisotopic (exact) mass is 262 g/mol. The van der Waals surface area contributed by atoms with E-state index in [-0.39, 0.29) is 17.9 Å². The number of amides is 1. The van der Waals surface area contributed by atoms with Crippen LogP contribution in [0.4, 0.5) is 5.69 Å². The number of likely N-dealkylation sites (tertiary alicyclic amines) is 1. The van der Waals surface area contributed by atoms with Gasteiger partial charge >= 0.3 is 0 Å². The van der Waals surface area contributed by atoms with Gasteiger partial charge in [-0.1, -0.05) is 0 Å². The predicted octanol–water partition coefficient (Wildman–Crippen LogP) is 1.88. The number of rotatable bonds is 3. The molecule has 0 spiro atoms. The van der Waals surface area contributed by atoms with Crippen molar-refractivity contribution < 1.29 is 9.90 Å². The summed E-state index contributed by atoms with van der Waals surface area (Å²) in [6, 6.07) is 5.77. The van der Waals surface area contributed by atoms with Gasteiger partial charge in [-0.2, -0.15) is 0 Å². The molecule has 0 aromatic heterocycles. The van der Waals surface area contributed by atoms with E-state index < -0.39 is 0 Å². The number of aliphatic hydroxyl groups is 1. The van der Waals surface area contributed by atoms with Gasteiger partial charge in [0.25, 0.3) is 5.91 Å².